The normalized spacial score (nSPS) is 10.6. The Morgan fingerprint density at radius 1 is 0.882 bits per heavy atom. The summed E-state index contributed by atoms with van der Waals surface area (Å²) in [5, 5.41) is 0. The van der Waals surface area contributed by atoms with E-state index in [1.165, 1.54) is 24.3 Å². The van der Waals surface area contributed by atoms with E-state index in [2.05, 4.69) is 4.74 Å². The Kier molecular flexibility index (Phi) is 3.32. The fourth-order valence-corrected chi connectivity index (χ4v) is 1.52. The van der Waals surface area contributed by atoms with Gasteiger partial charge in [-0.1, -0.05) is 24.3 Å². The molecule has 0 atom stereocenters. The van der Waals surface area contributed by atoms with Crippen LogP contribution in [0.2, 0.25) is 0 Å². The Bertz CT molecular complexity index is 512. The van der Waals surface area contributed by atoms with Gasteiger partial charge in [0.1, 0.15) is 11.6 Å². The van der Waals surface area contributed by atoms with Crippen molar-refractivity contribution in [1.82, 2.24) is 0 Å². The Morgan fingerprint density at radius 3 is 2.18 bits per heavy atom. The van der Waals surface area contributed by atoms with Crippen LogP contribution in [0.25, 0.3) is 11.1 Å². The molecular weight excluding hydrogens is 229 g/mol. The van der Waals surface area contributed by atoms with E-state index in [1.54, 1.807) is 24.3 Å². The van der Waals surface area contributed by atoms with E-state index in [-0.39, 0.29) is 11.6 Å². The lowest BCUT2D eigenvalue weighted by Crippen LogP contribution is -2.01. The first-order chi connectivity index (χ1) is 8.15. The second kappa shape index (κ2) is 4.91. The van der Waals surface area contributed by atoms with Crippen molar-refractivity contribution >= 4 is 0 Å². The number of halogens is 3. The maximum atomic E-state index is 13.0. The topological polar surface area (TPSA) is 9.23 Å². The zero-order valence-corrected chi connectivity index (χ0v) is 8.74. The third-order valence-electron chi connectivity index (χ3n) is 2.22. The molecule has 1 nitrogen and oxygen atoms in total. The molecule has 0 radical (unpaired) electrons. The molecule has 0 spiro atoms. The van der Waals surface area contributed by atoms with Gasteiger partial charge in [0.05, 0.1) is 0 Å². The van der Waals surface area contributed by atoms with Crippen molar-refractivity contribution in [2.24, 2.45) is 0 Å². The van der Waals surface area contributed by atoms with Crippen LogP contribution in [0.3, 0.4) is 0 Å². The molecule has 0 aliphatic carbocycles. The highest BCUT2D eigenvalue weighted by atomic mass is 19.3. The van der Waals surface area contributed by atoms with Gasteiger partial charge in [-0.05, 0) is 35.4 Å². The minimum absolute atomic E-state index is 0.0572. The van der Waals surface area contributed by atoms with Crippen molar-refractivity contribution in [3.8, 4) is 16.9 Å². The number of rotatable bonds is 3. The van der Waals surface area contributed by atoms with Gasteiger partial charge < -0.3 is 4.74 Å². The number of alkyl halides is 2. The van der Waals surface area contributed by atoms with Crippen molar-refractivity contribution in [1.29, 1.82) is 0 Å². The van der Waals surface area contributed by atoms with Gasteiger partial charge in [0, 0.05) is 0 Å². The van der Waals surface area contributed by atoms with E-state index < -0.39 is 6.61 Å². The molecule has 0 saturated carbocycles. The fraction of sp³-hybridized carbons (Fsp3) is 0.0769. The second-order valence-corrected chi connectivity index (χ2v) is 3.42. The van der Waals surface area contributed by atoms with E-state index in [0.717, 1.165) is 0 Å². The zero-order chi connectivity index (χ0) is 12.3. The minimum atomic E-state index is -2.86. The molecular formula is C13H9F3O. The Hall–Kier alpha value is -1.97. The number of hydrogen-bond donors (Lipinski definition) is 0. The van der Waals surface area contributed by atoms with Crippen LogP contribution in [-0.4, -0.2) is 6.61 Å². The summed E-state index contributed by atoms with van der Waals surface area (Å²) in [6, 6.07) is 12.1. The maximum absolute atomic E-state index is 13.0. The minimum Gasteiger partial charge on any atom is -0.435 e. The van der Waals surface area contributed by atoms with Gasteiger partial charge in [-0.2, -0.15) is 8.78 Å². The van der Waals surface area contributed by atoms with E-state index >= 15 is 0 Å². The van der Waals surface area contributed by atoms with Gasteiger partial charge in [-0.15, -0.1) is 0 Å². The Morgan fingerprint density at radius 2 is 1.53 bits per heavy atom. The number of ether oxygens (including phenoxy) is 1. The summed E-state index contributed by atoms with van der Waals surface area (Å²) in [7, 11) is 0. The van der Waals surface area contributed by atoms with Crippen LogP contribution < -0.4 is 4.74 Å². The monoisotopic (exact) mass is 238 g/mol. The molecule has 4 heteroatoms. The van der Waals surface area contributed by atoms with Crippen molar-refractivity contribution < 1.29 is 17.9 Å². The molecule has 0 amide bonds. The van der Waals surface area contributed by atoms with Gasteiger partial charge in [-0.25, -0.2) is 4.39 Å². The molecule has 0 N–H and O–H groups in total. The quantitative estimate of drug-likeness (QED) is 0.782. The standard InChI is InChI=1S/C13H9F3O/c14-11-5-1-3-9(7-11)10-4-2-6-12(8-10)17-13(15)16/h1-8,13H. The lowest BCUT2D eigenvalue weighted by Gasteiger charge is -2.07. The molecule has 88 valence electrons. The Labute approximate surface area is 96.5 Å². The molecule has 2 aromatic carbocycles. The van der Waals surface area contributed by atoms with E-state index in [9.17, 15) is 13.2 Å². The van der Waals surface area contributed by atoms with Crippen molar-refractivity contribution in [3.63, 3.8) is 0 Å². The molecule has 0 fully saturated rings. The zero-order valence-electron chi connectivity index (χ0n) is 8.74. The molecule has 0 unspecified atom stereocenters. The number of benzene rings is 2. The van der Waals surface area contributed by atoms with Crippen LogP contribution in [-0.2, 0) is 0 Å². The summed E-state index contributed by atoms with van der Waals surface area (Å²) in [5.74, 6) is -0.315. The molecule has 0 saturated heterocycles. The first kappa shape index (κ1) is 11.5. The molecule has 0 heterocycles. The SMILES string of the molecule is Fc1cccc(-c2cccc(OC(F)F)c2)c1. The molecule has 17 heavy (non-hydrogen) atoms. The highest BCUT2D eigenvalue weighted by Crippen LogP contribution is 2.25. The van der Waals surface area contributed by atoms with E-state index in [0.29, 0.717) is 11.1 Å². The first-order valence-electron chi connectivity index (χ1n) is 4.96. The van der Waals surface area contributed by atoms with Crippen molar-refractivity contribution in [3.05, 3.63) is 54.3 Å². The average Bonchev–Trinajstić information content (AvgIpc) is 2.28. The Balaban J connectivity index is 2.33. The molecule has 0 bridgehead atoms. The summed E-state index contributed by atoms with van der Waals surface area (Å²) in [6.45, 7) is -2.86. The average molecular weight is 238 g/mol. The maximum Gasteiger partial charge on any atom is 0.387 e. The van der Waals surface area contributed by atoms with E-state index in [4.69, 9.17) is 0 Å². The van der Waals surface area contributed by atoms with Crippen LogP contribution in [0.4, 0.5) is 13.2 Å². The van der Waals surface area contributed by atoms with Gasteiger partial charge in [-0.3, -0.25) is 0 Å². The molecule has 2 rings (SSSR count). The van der Waals surface area contributed by atoms with Gasteiger partial charge in [0.25, 0.3) is 0 Å². The highest BCUT2D eigenvalue weighted by Gasteiger charge is 2.05. The number of hydrogen-bond acceptors (Lipinski definition) is 1. The van der Waals surface area contributed by atoms with Crippen LogP contribution in [0.5, 0.6) is 5.75 Å². The lowest BCUT2D eigenvalue weighted by atomic mass is 10.1. The third-order valence-corrected chi connectivity index (χ3v) is 2.22. The smallest absolute Gasteiger partial charge is 0.387 e. The summed E-state index contributed by atoms with van der Waals surface area (Å²) in [5.41, 5.74) is 1.24. The summed E-state index contributed by atoms with van der Waals surface area (Å²) in [6.07, 6.45) is 0. The molecule has 0 aliphatic heterocycles. The van der Waals surface area contributed by atoms with E-state index in [1.807, 2.05) is 0 Å². The molecule has 0 aromatic heterocycles. The summed E-state index contributed by atoms with van der Waals surface area (Å²) in [4.78, 5) is 0. The second-order valence-electron chi connectivity index (χ2n) is 3.42. The van der Waals surface area contributed by atoms with Crippen LogP contribution in [0.15, 0.2) is 48.5 Å². The highest BCUT2D eigenvalue weighted by molar-refractivity contribution is 5.64. The lowest BCUT2D eigenvalue weighted by molar-refractivity contribution is -0.0498. The first-order valence-corrected chi connectivity index (χ1v) is 4.96. The van der Waals surface area contributed by atoms with Crippen LogP contribution in [0.1, 0.15) is 0 Å². The third kappa shape index (κ3) is 3.00. The fourth-order valence-electron chi connectivity index (χ4n) is 1.52. The van der Waals surface area contributed by atoms with Crippen LogP contribution in [0, 0.1) is 5.82 Å². The van der Waals surface area contributed by atoms with Crippen LogP contribution >= 0.6 is 0 Å². The summed E-state index contributed by atoms with van der Waals surface area (Å²) < 4.78 is 41.4. The molecule has 2 aromatic rings. The predicted molar refractivity (Wildman–Crippen MR) is 58.5 cm³/mol. The van der Waals surface area contributed by atoms with Gasteiger partial charge in [0.2, 0.25) is 0 Å². The van der Waals surface area contributed by atoms with Crippen molar-refractivity contribution in [2.45, 2.75) is 6.61 Å². The summed E-state index contributed by atoms with van der Waals surface area (Å²) >= 11 is 0. The van der Waals surface area contributed by atoms with Gasteiger partial charge >= 0.3 is 6.61 Å². The largest absolute Gasteiger partial charge is 0.435 e. The predicted octanol–water partition coefficient (Wildman–Crippen LogP) is 4.09. The molecule has 0 aliphatic rings. The van der Waals surface area contributed by atoms with Crippen molar-refractivity contribution in [2.75, 3.05) is 0 Å². The van der Waals surface area contributed by atoms with Gasteiger partial charge in [0.15, 0.2) is 0 Å².